The molecule has 4 rings (SSSR count). The maximum absolute atomic E-state index is 12.1. The van der Waals surface area contributed by atoms with Crippen molar-refractivity contribution in [3.05, 3.63) is 83.4 Å². The Kier molecular flexibility index (Phi) is 3.54. The van der Waals surface area contributed by atoms with Gasteiger partial charge < -0.3 is 9.47 Å². The van der Waals surface area contributed by atoms with E-state index in [9.17, 15) is 4.79 Å². The van der Waals surface area contributed by atoms with Crippen LogP contribution in [0.3, 0.4) is 0 Å². The van der Waals surface area contributed by atoms with Crippen molar-refractivity contribution in [2.75, 3.05) is 13.7 Å². The smallest absolute Gasteiger partial charge is 0.338 e. The van der Waals surface area contributed by atoms with Crippen molar-refractivity contribution in [1.29, 1.82) is 0 Å². The predicted octanol–water partition coefficient (Wildman–Crippen LogP) is 4.45. The number of ether oxygens (including phenoxy) is 2. The van der Waals surface area contributed by atoms with E-state index in [0.29, 0.717) is 12.2 Å². The molecule has 24 heavy (non-hydrogen) atoms. The highest BCUT2D eigenvalue weighted by Crippen LogP contribution is 2.40. The van der Waals surface area contributed by atoms with Crippen molar-refractivity contribution in [1.82, 2.24) is 0 Å². The van der Waals surface area contributed by atoms with E-state index < -0.39 is 0 Å². The fourth-order valence-electron chi connectivity index (χ4n) is 3.22. The second-order valence-corrected chi connectivity index (χ2v) is 5.63. The molecule has 0 fully saturated rings. The largest absolute Gasteiger partial charge is 0.489 e. The van der Waals surface area contributed by atoms with Gasteiger partial charge in [0.15, 0.2) is 0 Å². The van der Waals surface area contributed by atoms with Crippen LogP contribution in [0.5, 0.6) is 5.75 Å². The first kappa shape index (κ1) is 14.5. The van der Waals surface area contributed by atoms with Gasteiger partial charge in [-0.25, -0.2) is 4.79 Å². The van der Waals surface area contributed by atoms with E-state index in [2.05, 4.69) is 18.2 Å². The molecule has 1 heterocycles. The van der Waals surface area contributed by atoms with Gasteiger partial charge in [0.25, 0.3) is 0 Å². The zero-order valence-electron chi connectivity index (χ0n) is 13.3. The molecular formula is C21H16O3. The van der Waals surface area contributed by atoms with Crippen LogP contribution < -0.4 is 4.74 Å². The van der Waals surface area contributed by atoms with Crippen LogP contribution in [-0.2, 0) is 4.74 Å². The lowest BCUT2D eigenvalue weighted by Crippen LogP contribution is -2.07. The Morgan fingerprint density at radius 1 is 0.958 bits per heavy atom. The molecule has 0 atom stereocenters. The molecule has 1 aliphatic heterocycles. The number of methoxy groups -OCH3 is 1. The first-order valence-corrected chi connectivity index (χ1v) is 7.82. The third kappa shape index (κ3) is 2.26. The molecule has 3 aromatic carbocycles. The van der Waals surface area contributed by atoms with Gasteiger partial charge in [-0.2, -0.15) is 0 Å². The molecule has 3 nitrogen and oxygen atoms in total. The minimum absolute atomic E-state index is 0.331. The lowest BCUT2D eigenvalue weighted by molar-refractivity contribution is 0.0603. The third-order valence-corrected chi connectivity index (χ3v) is 4.31. The molecule has 0 aromatic heterocycles. The molecule has 3 heteroatoms. The van der Waals surface area contributed by atoms with Crippen molar-refractivity contribution >= 4 is 22.3 Å². The van der Waals surface area contributed by atoms with Crippen molar-refractivity contribution in [2.24, 2.45) is 0 Å². The van der Waals surface area contributed by atoms with Gasteiger partial charge in [-0.1, -0.05) is 42.5 Å². The van der Waals surface area contributed by atoms with Crippen LogP contribution in [0.1, 0.15) is 21.5 Å². The van der Waals surface area contributed by atoms with E-state index >= 15 is 0 Å². The number of carbonyl (C=O) groups excluding carboxylic acids is 1. The van der Waals surface area contributed by atoms with E-state index in [4.69, 9.17) is 9.47 Å². The molecule has 0 aliphatic carbocycles. The second kappa shape index (κ2) is 5.85. The number of fused-ring (bicyclic) bond motifs is 3. The minimum Gasteiger partial charge on any atom is -0.489 e. The Morgan fingerprint density at radius 2 is 1.79 bits per heavy atom. The summed E-state index contributed by atoms with van der Waals surface area (Å²) in [5, 5.41) is 1.86. The van der Waals surface area contributed by atoms with Crippen molar-refractivity contribution in [3.63, 3.8) is 0 Å². The van der Waals surface area contributed by atoms with E-state index in [-0.39, 0.29) is 5.97 Å². The predicted molar refractivity (Wildman–Crippen MR) is 94.3 cm³/mol. The van der Waals surface area contributed by atoms with Gasteiger partial charge in [-0.05, 0) is 46.2 Å². The molecule has 0 spiro atoms. The van der Waals surface area contributed by atoms with Crippen LogP contribution in [0.15, 0.2) is 66.7 Å². The Hall–Kier alpha value is -3.07. The molecule has 0 saturated carbocycles. The van der Waals surface area contributed by atoms with Gasteiger partial charge in [0.2, 0.25) is 0 Å². The van der Waals surface area contributed by atoms with Crippen molar-refractivity contribution in [3.8, 4) is 5.75 Å². The maximum atomic E-state index is 12.1. The molecule has 1 aliphatic rings. The van der Waals surface area contributed by atoms with E-state index in [0.717, 1.165) is 33.2 Å². The van der Waals surface area contributed by atoms with Gasteiger partial charge in [0.1, 0.15) is 12.4 Å². The van der Waals surface area contributed by atoms with Crippen LogP contribution in [-0.4, -0.2) is 19.7 Å². The maximum Gasteiger partial charge on any atom is 0.338 e. The summed E-state index contributed by atoms with van der Waals surface area (Å²) < 4.78 is 10.7. The molecule has 0 unspecified atom stereocenters. The summed E-state index contributed by atoms with van der Waals surface area (Å²) >= 11 is 0. The summed E-state index contributed by atoms with van der Waals surface area (Å²) in [6, 6.07) is 19.8. The summed E-state index contributed by atoms with van der Waals surface area (Å²) in [6.45, 7) is 0.541. The molecule has 0 bridgehead atoms. The molecule has 118 valence electrons. The number of esters is 1. The van der Waals surface area contributed by atoms with Crippen LogP contribution in [0, 0.1) is 0 Å². The second-order valence-electron chi connectivity index (χ2n) is 5.63. The Morgan fingerprint density at radius 3 is 2.58 bits per heavy atom. The average Bonchev–Trinajstić information content (AvgIpc) is 2.66. The van der Waals surface area contributed by atoms with E-state index in [1.54, 1.807) is 6.07 Å². The first-order valence-electron chi connectivity index (χ1n) is 7.82. The highest BCUT2D eigenvalue weighted by molar-refractivity contribution is 6.09. The summed E-state index contributed by atoms with van der Waals surface area (Å²) in [4.78, 5) is 12.1. The van der Waals surface area contributed by atoms with Gasteiger partial charge in [0, 0.05) is 5.56 Å². The summed E-state index contributed by atoms with van der Waals surface area (Å²) in [7, 11) is 1.40. The number of hydrogen-bond acceptors (Lipinski definition) is 3. The van der Waals surface area contributed by atoms with Crippen LogP contribution in [0.4, 0.5) is 0 Å². The monoisotopic (exact) mass is 316 g/mol. The molecule has 0 saturated heterocycles. The highest BCUT2D eigenvalue weighted by Gasteiger charge is 2.20. The first-order chi connectivity index (χ1) is 11.8. The molecule has 3 aromatic rings. The fourth-order valence-corrected chi connectivity index (χ4v) is 3.22. The average molecular weight is 316 g/mol. The Bertz CT molecular complexity index is 955. The Labute approximate surface area is 140 Å². The van der Waals surface area contributed by atoms with Gasteiger partial charge in [-0.3, -0.25) is 0 Å². The van der Waals surface area contributed by atoms with Crippen molar-refractivity contribution < 1.29 is 14.3 Å². The summed E-state index contributed by atoms with van der Waals surface area (Å²) in [5.41, 5.74) is 3.86. The Balaban J connectivity index is 2.00. The molecule has 0 radical (unpaired) electrons. The quantitative estimate of drug-likeness (QED) is 0.655. The molecule has 0 amide bonds. The van der Waals surface area contributed by atoms with E-state index in [1.165, 1.54) is 7.11 Å². The highest BCUT2D eigenvalue weighted by atomic mass is 16.5. The number of hydrogen-bond donors (Lipinski definition) is 0. The normalized spacial score (nSPS) is 13.0. The minimum atomic E-state index is -0.331. The third-order valence-electron chi connectivity index (χ3n) is 4.31. The van der Waals surface area contributed by atoms with Gasteiger partial charge in [-0.15, -0.1) is 0 Å². The molecular weight excluding hydrogens is 300 g/mol. The van der Waals surface area contributed by atoms with Gasteiger partial charge in [0.05, 0.1) is 12.7 Å². The SMILES string of the molecule is COC(=O)c1cccc2c3c(ccc12)OCC=C3c1ccccc1. The number of carbonyl (C=O) groups is 1. The van der Waals surface area contributed by atoms with E-state index in [1.807, 2.05) is 42.5 Å². The number of benzene rings is 3. The van der Waals surface area contributed by atoms with Crippen LogP contribution in [0.2, 0.25) is 0 Å². The van der Waals surface area contributed by atoms with Crippen LogP contribution >= 0.6 is 0 Å². The summed E-state index contributed by atoms with van der Waals surface area (Å²) in [6.07, 6.45) is 2.09. The zero-order valence-corrected chi connectivity index (χ0v) is 13.3. The topological polar surface area (TPSA) is 35.5 Å². The number of rotatable bonds is 2. The van der Waals surface area contributed by atoms with Gasteiger partial charge >= 0.3 is 5.97 Å². The fraction of sp³-hybridized carbons (Fsp3) is 0.0952. The summed E-state index contributed by atoms with van der Waals surface area (Å²) in [5.74, 6) is 0.508. The lowest BCUT2D eigenvalue weighted by Gasteiger charge is -2.21. The zero-order chi connectivity index (χ0) is 16.5. The molecule has 0 N–H and O–H groups in total. The standard InChI is InChI=1S/C21H16O3/c1-23-21(22)18-9-5-8-17-16(18)10-11-19-20(17)15(12-13-24-19)14-6-3-2-4-7-14/h2-12H,13H2,1H3. The van der Waals surface area contributed by atoms with Crippen molar-refractivity contribution in [2.45, 2.75) is 0 Å². The lowest BCUT2D eigenvalue weighted by atomic mass is 9.90. The van der Waals surface area contributed by atoms with Crippen LogP contribution in [0.25, 0.3) is 16.3 Å².